The zero-order chi connectivity index (χ0) is 22.0. The van der Waals surface area contributed by atoms with Gasteiger partial charge in [0.05, 0.1) is 11.3 Å². The Hall–Kier alpha value is -2.90. The van der Waals surface area contributed by atoms with Crippen molar-refractivity contribution in [3.63, 3.8) is 0 Å². The van der Waals surface area contributed by atoms with Crippen LogP contribution in [0.2, 0.25) is 0 Å². The van der Waals surface area contributed by atoms with Gasteiger partial charge in [-0.15, -0.1) is 11.3 Å². The molecule has 31 heavy (non-hydrogen) atoms. The first kappa shape index (κ1) is 21.3. The molecule has 0 unspecified atom stereocenters. The molecule has 0 saturated heterocycles. The van der Waals surface area contributed by atoms with Crippen LogP contribution in [0.1, 0.15) is 18.1 Å². The lowest BCUT2D eigenvalue weighted by Crippen LogP contribution is -2.21. The van der Waals surface area contributed by atoms with Gasteiger partial charge in [-0.3, -0.25) is 14.2 Å². The van der Waals surface area contributed by atoms with Gasteiger partial charge in [-0.05, 0) is 36.1 Å². The molecule has 2 aromatic carbocycles. The molecule has 158 valence electrons. The first-order chi connectivity index (χ1) is 15.0. The number of aryl methyl sites for hydroxylation is 2. The first-order valence-corrected chi connectivity index (χ1v) is 11.8. The van der Waals surface area contributed by atoms with E-state index in [1.807, 2.05) is 61.5 Å². The second kappa shape index (κ2) is 9.08. The minimum Gasteiger partial charge on any atom is -0.325 e. The largest absolute Gasteiger partial charge is 0.325 e. The second-order valence-electron chi connectivity index (χ2n) is 7.25. The number of nitrogens with one attached hydrogen (secondary N) is 1. The van der Waals surface area contributed by atoms with Crippen LogP contribution in [0.3, 0.4) is 0 Å². The maximum atomic E-state index is 12.9. The van der Waals surface area contributed by atoms with Gasteiger partial charge in [0.15, 0.2) is 5.16 Å². The Balaban J connectivity index is 1.56. The van der Waals surface area contributed by atoms with Crippen molar-refractivity contribution >= 4 is 44.9 Å². The van der Waals surface area contributed by atoms with E-state index in [9.17, 15) is 9.59 Å². The van der Waals surface area contributed by atoms with Gasteiger partial charge in [0.25, 0.3) is 5.56 Å². The van der Waals surface area contributed by atoms with Crippen molar-refractivity contribution in [2.24, 2.45) is 7.05 Å². The molecular formula is C24H23N3O2S2. The van der Waals surface area contributed by atoms with Crippen molar-refractivity contribution in [1.29, 1.82) is 0 Å². The van der Waals surface area contributed by atoms with Crippen LogP contribution < -0.4 is 10.9 Å². The van der Waals surface area contributed by atoms with Crippen LogP contribution in [-0.4, -0.2) is 21.2 Å². The van der Waals surface area contributed by atoms with Gasteiger partial charge in [0, 0.05) is 17.6 Å². The monoisotopic (exact) mass is 449 g/mol. The zero-order valence-electron chi connectivity index (χ0n) is 17.6. The van der Waals surface area contributed by atoms with Crippen LogP contribution in [0.4, 0.5) is 5.69 Å². The minimum absolute atomic E-state index is 0.0905. The van der Waals surface area contributed by atoms with Gasteiger partial charge in [-0.2, -0.15) is 0 Å². The summed E-state index contributed by atoms with van der Waals surface area (Å²) in [5.74, 6) is 0.0671. The van der Waals surface area contributed by atoms with Crippen LogP contribution in [0.25, 0.3) is 20.7 Å². The molecule has 2 heterocycles. The van der Waals surface area contributed by atoms with Gasteiger partial charge in [0.2, 0.25) is 5.91 Å². The van der Waals surface area contributed by atoms with Crippen LogP contribution in [0.5, 0.6) is 0 Å². The number of anilines is 1. The fourth-order valence-electron chi connectivity index (χ4n) is 3.42. The van der Waals surface area contributed by atoms with Crippen LogP contribution in [0.15, 0.2) is 64.5 Å². The van der Waals surface area contributed by atoms with Gasteiger partial charge in [-0.25, -0.2) is 4.98 Å². The highest BCUT2D eigenvalue weighted by atomic mass is 32.2. The Morgan fingerprint density at radius 3 is 2.68 bits per heavy atom. The van der Waals surface area contributed by atoms with Crippen molar-refractivity contribution < 1.29 is 4.79 Å². The second-order valence-corrected chi connectivity index (χ2v) is 9.24. The third kappa shape index (κ3) is 4.43. The maximum absolute atomic E-state index is 12.9. The quantitative estimate of drug-likeness (QED) is 0.322. The number of carbonyl (C=O) groups is 1. The molecule has 0 aliphatic carbocycles. The average molecular weight is 450 g/mol. The summed E-state index contributed by atoms with van der Waals surface area (Å²) < 4.78 is 2.15. The third-order valence-electron chi connectivity index (χ3n) is 5.11. The number of thiophene rings is 1. The van der Waals surface area contributed by atoms with E-state index in [1.165, 1.54) is 27.7 Å². The van der Waals surface area contributed by atoms with Crippen molar-refractivity contribution in [3.8, 4) is 10.4 Å². The van der Waals surface area contributed by atoms with E-state index in [2.05, 4.69) is 17.2 Å². The number of para-hydroxylation sites is 1. The number of rotatable bonds is 6. The smallest absolute Gasteiger partial charge is 0.271 e. The topological polar surface area (TPSA) is 64.0 Å². The van der Waals surface area contributed by atoms with Crippen LogP contribution in [0, 0.1) is 6.92 Å². The summed E-state index contributed by atoms with van der Waals surface area (Å²) in [4.78, 5) is 31.2. The molecule has 4 rings (SSSR count). The van der Waals surface area contributed by atoms with E-state index in [1.54, 1.807) is 7.05 Å². The number of amides is 1. The average Bonchev–Trinajstić information content (AvgIpc) is 3.21. The van der Waals surface area contributed by atoms with Gasteiger partial charge in [-0.1, -0.05) is 67.2 Å². The highest BCUT2D eigenvalue weighted by Gasteiger charge is 2.15. The normalized spacial score (nSPS) is 11.1. The highest BCUT2D eigenvalue weighted by Crippen LogP contribution is 2.31. The molecule has 0 aliphatic heterocycles. The number of hydrogen-bond acceptors (Lipinski definition) is 5. The number of carbonyl (C=O) groups excluding carboxylic acids is 1. The summed E-state index contributed by atoms with van der Waals surface area (Å²) in [5.41, 5.74) is 4.66. The molecular weight excluding hydrogens is 426 g/mol. The molecule has 0 saturated carbocycles. The van der Waals surface area contributed by atoms with Crippen molar-refractivity contribution in [2.75, 3.05) is 11.1 Å². The van der Waals surface area contributed by atoms with Crippen molar-refractivity contribution in [2.45, 2.75) is 25.4 Å². The molecule has 0 bridgehead atoms. The molecule has 0 fully saturated rings. The summed E-state index contributed by atoms with van der Waals surface area (Å²) in [6.07, 6.45) is 0.846. The molecule has 1 N–H and O–H groups in total. The van der Waals surface area contributed by atoms with Crippen LogP contribution in [-0.2, 0) is 18.3 Å². The maximum Gasteiger partial charge on any atom is 0.271 e. The Bertz CT molecular complexity index is 1310. The Labute approximate surface area is 189 Å². The summed E-state index contributed by atoms with van der Waals surface area (Å²) in [6.45, 7) is 4.06. The lowest BCUT2D eigenvalue weighted by molar-refractivity contribution is -0.113. The minimum atomic E-state index is -0.112. The SMILES string of the molecule is CCc1cccc(C)c1NC(=O)CSc1nc2cc(-c3ccccc3)sc2c(=O)n1C. The molecule has 2 aromatic heterocycles. The van der Waals surface area contributed by atoms with E-state index in [0.29, 0.717) is 15.4 Å². The zero-order valence-corrected chi connectivity index (χ0v) is 19.3. The predicted molar refractivity (Wildman–Crippen MR) is 130 cm³/mol. The highest BCUT2D eigenvalue weighted by molar-refractivity contribution is 7.99. The number of fused-ring (bicyclic) bond motifs is 1. The third-order valence-corrected chi connectivity index (χ3v) is 7.30. The molecule has 0 aliphatic rings. The van der Waals surface area contributed by atoms with Gasteiger partial charge >= 0.3 is 0 Å². The van der Waals surface area contributed by atoms with E-state index in [0.717, 1.165) is 33.7 Å². The Kier molecular flexibility index (Phi) is 6.25. The number of hydrogen-bond donors (Lipinski definition) is 1. The molecule has 4 aromatic rings. The molecule has 0 radical (unpaired) electrons. The molecule has 0 atom stereocenters. The fraction of sp³-hybridized carbons (Fsp3) is 0.208. The fourth-order valence-corrected chi connectivity index (χ4v) is 5.27. The number of thioether (sulfide) groups is 1. The summed E-state index contributed by atoms with van der Waals surface area (Å²) in [7, 11) is 1.70. The van der Waals surface area contributed by atoms with E-state index in [-0.39, 0.29) is 17.2 Å². The van der Waals surface area contributed by atoms with Crippen molar-refractivity contribution in [1.82, 2.24) is 9.55 Å². The lowest BCUT2D eigenvalue weighted by atomic mass is 10.1. The number of benzene rings is 2. The summed E-state index contributed by atoms with van der Waals surface area (Å²) in [6, 6.07) is 17.9. The summed E-state index contributed by atoms with van der Waals surface area (Å²) >= 11 is 2.72. The molecule has 0 spiro atoms. The number of nitrogens with zero attached hydrogens (tertiary/aromatic N) is 2. The Morgan fingerprint density at radius 1 is 1.16 bits per heavy atom. The van der Waals surface area contributed by atoms with Crippen molar-refractivity contribution in [3.05, 3.63) is 76.1 Å². The van der Waals surface area contributed by atoms with E-state index >= 15 is 0 Å². The molecule has 7 heteroatoms. The number of aromatic nitrogens is 2. The first-order valence-electron chi connectivity index (χ1n) is 10.0. The van der Waals surface area contributed by atoms with E-state index in [4.69, 9.17) is 0 Å². The standard InChI is InChI=1S/C24H23N3O2S2/c1-4-16-12-8-9-15(2)21(16)26-20(28)14-30-24-25-18-13-19(17-10-6-5-7-11-17)31-22(18)23(29)27(24)3/h5-13H,4,14H2,1-3H3,(H,26,28). The lowest BCUT2D eigenvalue weighted by Gasteiger charge is -2.13. The molecule has 1 amide bonds. The van der Waals surface area contributed by atoms with Crippen LogP contribution >= 0.6 is 23.1 Å². The van der Waals surface area contributed by atoms with E-state index < -0.39 is 0 Å². The van der Waals surface area contributed by atoms with Gasteiger partial charge < -0.3 is 5.32 Å². The molecule has 5 nitrogen and oxygen atoms in total. The van der Waals surface area contributed by atoms with Gasteiger partial charge in [0.1, 0.15) is 4.70 Å². The predicted octanol–water partition coefficient (Wildman–Crippen LogP) is 5.26. The Morgan fingerprint density at radius 2 is 1.94 bits per heavy atom. The summed E-state index contributed by atoms with van der Waals surface area (Å²) in [5, 5.41) is 3.56.